The van der Waals surface area contributed by atoms with Crippen LogP contribution in [0.5, 0.6) is 0 Å². The van der Waals surface area contributed by atoms with Gasteiger partial charge in [0.05, 0.1) is 24.5 Å². The topological polar surface area (TPSA) is 97.3 Å². The van der Waals surface area contributed by atoms with Crippen LogP contribution in [-0.2, 0) is 30.2 Å². The van der Waals surface area contributed by atoms with Crippen molar-refractivity contribution in [3.05, 3.63) is 47.5 Å². The number of aliphatic hydroxyl groups excluding tert-OH is 1. The molecule has 8 nitrogen and oxygen atoms in total. The molecular weight excluding hydrogens is 665 g/mol. The number of cyclic esters (lactones) is 1. The lowest BCUT2D eigenvalue weighted by Gasteiger charge is -2.73. The quantitative estimate of drug-likeness (QED) is 0.186. The van der Waals surface area contributed by atoms with Crippen LogP contribution >= 0.6 is 0 Å². The van der Waals surface area contributed by atoms with Crippen molar-refractivity contribution < 1.29 is 28.9 Å². The fourth-order valence-electron chi connectivity index (χ4n) is 13.0. The molecule has 8 aliphatic rings. The highest BCUT2D eigenvalue weighted by Gasteiger charge is 2.82. The molecule has 5 aliphatic heterocycles. The molecule has 5 bridgehead atoms. The van der Waals surface area contributed by atoms with Crippen molar-refractivity contribution >= 4 is 11.9 Å². The minimum atomic E-state index is -1.11. The molecule has 0 radical (unpaired) electrons. The number of benzene rings is 1. The number of esters is 2. The number of fused-ring (bicyclic) bond motifs is 4. The number of ether oxygens (including phenoxy) is 3. The van der Waals surface area contributed by atoms with Gasteiger partial charge in [-0.2, -0.15) is 0 Å². The predicted molar refractivity (Wildman–Crippen MR) is 201 cm³/mol. The summed E-state index contributed by atoms with van der Waals surface area (Å²) in [6.45, 7) is 7.70. The molecular formula is C45H58N2O6. The van der Waals surface area contributed by atoms with Crippen LogP contribution in [0.3, 0.4) is 0 Å². The lowest BCUT2D eigenvalue weighted by Crippen LogP contribution is -2.82. The molecule has 2 N–H and O–H groups in total. The van der Waals surface area contributed by atoms with Crippen molar-refractivity contribution in [3.63, 3.8) is 0 Å². The van der Waals surface area contributed by atoms with Crippen molar-refractivity contribution in [2.45, 2.75) is 147 Å². The highest BCUT2D eigenvalue weighted by Crippen LogP contribution is 2.75. The third kappa shape index (κ3) is 6.03. The van der Waals surface area contributed by atoms with Gasteiger partial charge < -0.3 is 19.3 Å². The maximum absolute atomic E-state index is 14.0. The number of hydrazine groups is 1. The number of carbonyl (C=O) groups is 2. The maximum Gasteiger partial charge on any atom is 0.331 e. The molecule has 5 heterocycles. The Kier molecular flexibility index (Phi) is 9.74. The van der Waals surface area contributed by atoms with Crippen molar-refractivity contribution in [2.24, 2.45) is 34.0 Å². The van der Waals surface area contributed by atoms with Crippen LogP contribution < -0.4 is 5.43 Å². The number of carbonyl (C=O) groups excluding carboxylic acids is 2. The van der Waals surface area contributed by atoms with Gasteiger partial charge in [-0.3, -0.25) is 4.79 Å². The molecule has 11 atom stereocenters. The molecule has 3 aliphatic carbocycles. The van der Waals surface area contributed by atoms with Gasteiger partial charge >= 0.3 is 11.9 Å². The Morgan fingerprint density at radius 3 is 2.68 bits per heavy atom. The maximum atomic E-state index is 14.0. The van der Waals surface area contributed by atoms with E-state index in [2.05, 4.69) is 85.4 Å². The second-order valence-corrected chi connectivity index (χ2v) is 18.0. The van der Waals surface area contributed by atoms with Crippen LogP contribution in [0.25, 0.3) is 0 Å². The van der Waals surface area contributed by atoms with Crippen molar-refractivity contribution in [1.82, 2.24) is 10.4 Å². The summed E-state index contributed by atoms with van der Waals surface area (Å²) in [5, 5.41) is 15.4. The van der Waals surface area contributed by atoms with E-state index in [-0.39, 0.29) is 42.3 Å². The molecule has 4 fully saturated rings. The third-order valence-electron chi connectivity index (χ3n) is 15.0. The van der Waals surface area contributed by atoms with E-state index in [0.29, 0.717) is 56.9 Å². The van der Waals surface area contributed by atoms with Crippen LogP contribution in [0.4, 0.5) is 0 Å². The first-order chi connectivity index (χ1) is 25.5. The van der Waals surface area contributed by atoms with Gasteiger partial charge in [-0.05, 0) is 99.0 Å². The number of nitrogens with zero attached hydrogens (tertiary/aromatic N) is 1. The second kappa shape index (κ2) is 14.1. The molecule has 0 aromatic heterocycles. The molecule has 0 amide bonds. The number of hydrogen-bond donors (Lipinski definition) is 2. The number of hydrogen-bond acceptors (Lipinski definition) is 8. The van der Waals surface area contributed by atoms with Gasteiger partial charge in [0.25, 0.3) is 0 Å². The van der Waals surface area contributed by atoms with Gasteiger partial charge in [0.1, 0.15) is 18.3 Å². The standard InChI is InChI=1S/C45H58N2O6/c1-32(13-9-17-33-15-5-4-6-16-33)14-11-24-43-37(48)22-25-42(3)35-18-10-19-36(35)47-27-12-28-52-45(43,26-21-34-29-39(50)51-30-34)41(2)23-8-7-20-38(49)53-44(31-41,46-47)40(42)43/h4-6,15-16,29,32,35-37,40,46,48H,7,9-11,13-14,17-22,24-27,30-31H2,1-3H3/t32-,35+,36-,37+,40+,41+,42+,43+,44-,45+/m1/s1. The molecule has 8 heteroatoms. The van der Waals surface area contributed by atoms with Crippen LogP contribution in [-0.4, -0.2) is 58.7 Å². The van der Waals surface area contributed by atoms with Gasteiger partial charge in [-0.1, -0.05) is 75.8 Å². The highest BCUT2D eigenvalue weighted by molar-refractivity contribution is 5.85. The number of aliphatic hydroxyl groups is 1. The van der Waals surface area contributed by atoms with Gasteiger partial charge in [-0.25, -0.2) is 15.2 Å². The third-order valence-corrected chi connectivity index (χ3v) is 15.0. The van der Waals surface area contributed by atoms with E-state index in [0.717, 1.165) is 63.4 Å². The number of nitrogens with one attached hydrogen (secondary N) is 1. The summed E-state index contributed by atoms with van der Waals surface area (Å²) in [5.74, 6) is 10.6. The summed E-state index contributed by atoms with van der Waals surface area (Å²) in [6.07, 6.45) is 17.0. The molecule has 1 unspecified atom stereocenters. The Morgan fingerprint density at radius 2 is 1.87 bits per heavy atom. The molecule has 284 valence electrons. The zero-order chi connectivity index (χ0) is 36.9. The summed E-state index contributed by atoms with van der Waals surface area (Å²) in [7, 11) is 0. The fourth-order valence-corrected chi connectivity index (χ4v) is 13.0. The molecule has 9 rings (SSSR count). The molecule has 1 spiro atoms. The van der Waals surface area contributed by atoms with Gasteiger partial charge in [0, 0.05) is 36.3 Å². The minimum absolute atomic E-state index is 0.218. The van der Waals surface area contributed by atoms with Crippen LogP contribution in [0.2, 0.25) is 0 Å². The van der Waals surface area contributed by atoms with Crippen LogP contribution in [0.15, 0.2) is 42.0 Å². The summed E-state index contributed by atoms with van der Waals surface area (Å²) < 4.78 is 19.6. The highest BCUT2D eigenvalue weighted by atomic mass is 16.6. The fraction of sp³-hybridized carbons (Fsp3) is 0.689. The van der Waals surface area contributed by atoms with E-state index in [1.165, 1.54) is 5.56 Å². The van der Waals surface area contributed by atoms with Crippen LogP contribution in [0.1, 0.15) is 123 Å². The first-order valence-corrected chi connectivity index (χ1v) is 20.5. The zero-order valence-electron chi connectivity index (χ0n) is 32.0. The van der Waals surface area contributed by atoms with E-state index in [1.807, 2.05) is 0 Å². The summed E-state index contributed by atoms with van der Waals surface area (Å²) in [6, 6.07) is 11.0. The van der Waals surface area contributed by atoms with Gasteiger partial charge in [-0.15, -0.1) is 5.92 Å². The largest absolute Gasteiger partial charge is 0.458 e. The lowest BCUT2D eigenvalue weighted by molar-refractivity contribution is -0.343. The number of rotatable bonds is 11. The Morgan fingerprint density at radius 1 is 1.04 bits per heavy atom. The van der Waals surface area contributed by atoms with E-state index in [9.17, 15) is 14.7 Å². The lowest BCUT2D eigenvalue weighted by atomic mass is 9.34. The minimum Gasteiger partial charge on any atom is -0.458 e. The normalized spacial score (nSPS) is 41.4. The Labute approximate surface area is 316 Å². The molecule has 1 aromatic rings. The average molecular weight is 723 g/mol. The SMILES string of the molecule is C[C@H](CCCc1ccccc1)CCC[C@@]12[C@@H](O)CC[C@@]3(C)[C@H]4CCC[C@H]4N4CC#CO[C@@]1(CCC1=CC(=O)OC1)[C@@]1(C)C#CCCC(=O)O[C@@](C1)(N4)[C@@H]32. The van der Waals surface area contributed by atoms with Crippen molar-refractivity contribution in [2.75, 3.05) is 13.2 Å². The first kappa shape index (κ1) is 36.7. The summed E-state index contributed by atoms with van der Waals surface area (Å²) >= 11 is 0. The van der Waals surface area contributed by atoms with Gasteiger partial charge in [0.15, 0.2) is 5.72 Å². The van der Waals surface area contributed by atoms with Gasteiger partial charge in [0.2, 0.25) is 0 Å². The van der Waals surface area contributed by atoms with Crippen molar-refractivity contribution in [3.8, 4) is 23.9 Å². The van der Waals surface area contributed by atoms with E-state index >= 15 is 0 Å². The monoisotopic (exact) mass is 722 g/mol. The first-order valence-electron chi connectivity index (χ1n) is 20.5. The average Bonchev–Trinajstić information content (AvgIpc) is 3.79. The summed E-state index contributed by atoms with van der Waals surface area (Å²) in [5.41, 5.74) is 2.15. The van der Waals surface area contributed by atoms with Crippen LogP contribution in [0, 0.1) is 57.9 Å². The van der Waals surface area contributed by atoms with Crippen molar-refractivity contribution in [1.29, 1.82) is 0 Å². The Bertz CT molecular complexity index is 1740. The van der Waals surface area contributed by atoms with E-state index < -0.39 is 28.3 Å². The second-order valence-electron chi connectivity index (χ2n) is 18.0. The summed E-state index contributed by atoms with van der Waals surface area (Å²) in [4.78, 5) is 26.3. The molecule has 53 heavy (non-hydrogen) atoms. The Hall–Kier alpha value is -3.30. The van der Waals surface area contributed by atoms with E-state index in [4.69, 9.17) is 14.2 Å². The predicted octanol–water partition coefficient (Wildman–Crippen LogP) is 7.01. The smallest absolute Gasteiger partial charge is 0.331 e. The number of aryl methyl sites for hydroxylation is 1. The Balaban J connectivity index is 1.27. The molecule has 1 aromatic carbocycles. The van der Waals surface area contributed by atoms with E-state index in [1.54, 1.807) is 6.08 Å². The molecule has 3 saturated carbocycles. The molecule has 1 saturated heterocycles. The zero-order valence-corrected chi connectivity index (χ0v) is 32.0.